The highest BCUT2D eigenvalue weighted by Gasteiger charge is 2.39. The second-order valence-electron chi connectivity index (χ2n) is 5.72. The summed E-state index contributed by atoms with van der Waals surface area (Å²) >= 11 is 5.27. The number of benzene rings is 1. The normalized spacial score (nSPS) is 19.2. The van der Waals surface area contributed by atoms with Crippen molar-refractivity contribution < 1.29 is 22.7 Å². The van der Waals surface area contributed by atoms with E-state index in [1.54, 1.807) is 13.8 Å². The summed E-state index contributed by atoms with van der Waals surface area (Å²) in [6.45, 7) is 3.52. The number of ether oxygens (including phenoxy) is 1. The minimum absolute atomic E-state index is 0.0777. The van der Waals surface area contributed by atoms with E-state index in [0.717, 1.165) is 12.1 Å². The number of carbonyl (C=O) groups is 1. The maximum atomic E-state index is 13.0. The molecule has 0 radical (unpaired) electrons. The lowest BCUT2D eigenvalue weighted by Gasteiger charge is -2.25. The second-order valence-corrected chi connectivity index (χ2v) is 6.13. The van der Waals surface area contributed by atoms with Crippen LogP contribution in [0.1, 0.15) is 31.4 Å². The molecule has 2 rings (SSSR count). The van der Waals surface area contributed by atoms with Gasteiger partial charge in [-0.25, -0.2) is 4.79 Å². The average Bonchev–Trinajstić information content (AvgIpc) is 2.98. The van der Waals surface area contributed by atoms with Gasteiger partial charge in [-0.05, 0) is 32.0 Å². The van der Waals surface area contributed by atoms with Crippen molar-refractivity contribution in [2.24, 2.45) is 5.10 Å². The van der Waals surface area contributed by atoms with E-state index in [9.17, 15) is 18.0 Å². The number of hydrogen-bond acceptors (Lipinski definition) is 6. The summed E-state index contributed by atoms with van der Waals surface area (Å²) in [6.07, 6.45) is -4.54. The molecule has 2 N–H and O–H groups in total. The summed E-state index contributed by atoms with van der Waals surface area (Å²) < 4.78 is 44.0. The number of esters is 1. The van der Waals surface area contributed by atoms with E-state index in [2.05, 4.69) is 15.8 Å². The summed E-state index contributed by atoms with van der Waals surface area (Å²) in [4.78, 5) is 11.9. The first kappa shape index (κ1) is 19.7. The first-order chi connectivity index (χ1) is 12.1. The van der Waals surface area contributed by atoms with E-state index in [1.165, 1.54) is 12.1 Å². The van der Waals surface area contributed by atoms with E-state index >= 15 is 0 Å². The Hall–Kier alpha value is -2.67. The largest absolute Gasteiger partial charge is 0.461 e. The zero-order chi connectivity index (χ0) is 19.5. The van der Waals surface area contributed by atoms with Crippen molar-refractivity contribution in [1.82, 2.24) is 5.43 Å². The molecule has 0 aliphatic carbocycles. The molecule has 0 saturated heterocycles. The fourth-order valence-electron chi connectivity index (χ4n) is 2.29. The molecular weight excluding hydrogens is 369 g/mol. The summed E-state index contributed by atoms with van der Waals surface area (Å²) in [6, 6.07) is 4.72. The molecule has 10 heteroatoms. The predicted molar refractivity (Wildman–Crippen MR) is 92.6 cm³/mol. The van der Waals surface area contributed by atoms with Gasteiger partial charge < -0.3 is 10.1 Å². The summed E-state index contributed by atoms with van der Waals surface area (Å²) in [5.41, 5.74) is 0.455. The zero-order valence-corrected chi connectivity index (χ0v) is 14.7. The molecule has 0 fully saturated rings. The average molecular weight is 384 g/mol. The highest BCUT2D eigenvalue weighted by atomic mass is 32.1. The van der Waals surface area contributed by atoms with Gasteiger partial charge in [-0.1, -0.05) is 12.2 Å². The summed E-state index contributed by atoms with van der Waals surface area (Å²) in [7, 11) is 0. The van der Waals surface area contributed by atoms with Crippen LogP contribution in [0.5, 0.6) is 0 Å². The van der Waals surface area contributed by atoms with Crippen LogP contribution in [0.2, 0.25) is 0 Å². The highest BCUT2D eigenvalue weighted by molar-refractivity contribution is 7.80. The lowest BCUT2D eigenvalue weighted by atomic mass is 9.96. The number of carbonyl (C=O) groups excluding carboxylic acids is 1. The minimum atomic E-state index is -4.67. The number of nitrogens with one attached hydrogen (secondary N) is 2. The van der Waals surface area contributed by atoms with Gasteiger partial charge in [0.2, 0.25) is 0 Å². The van der Waals surface area contributed by atoms with Gasteiger partial charge in [0, 0.05) is 12.1 Å². The van der Waals surface area contributed by atoms with Crippen molar-refractivity contribution in [2.45, 2.75) is 32.0 Å². The lowest BCUT2D eigenvalue weighted by molar-refractivity contribution is -0.138. The molecule has 1 unspecified atom stereocenters. The van der Waals surface area contributed by atoms with Crippen LogP contribution in [0.25, 0.3) is 0 Å². The quantitative estimate of drug-likeness (QED) is 0.613. The summed E-state index contributed by atoms with van der Waals surface area (Å²) in [5, 5.41) is 15.4. The molecular formula is C16H15F3N4O2S. The van der Waals surface area contributed by atoms with Crippen LogP contribution in [0.15, 0.2) is 23.3 Å². The Bertz CT molecular complexity index is 817. The minimum Gasteiger partial charge on any atom is -0.461 e. The third-order valence-corrected chi connectivity index (χ3v) is 4.23. The third kappa shape index (κ3) is 4.11. The van der Waals surface area contributed by atoms with E-state index < -0.39 is 28.8 Å². The van der Waals surface area contributed by atoms with Crippen LogP contribution >= 0.6 is 12.2 Å². The van der Waals surface area contributed by atoms with Gasteiger partial charge in [-0.2, -0.15) is 23.5 Å². The molecule has 0 aromatic heterocycles. The van der Waals surface area contributed by atoms with Crippen LogP contribution in [0, 0.1) is 11.3 Å². The molecule has 138 valence electrons. The van der Waals surface area contributed by atoms with Crippen molar-refractivity contribution >= 4 is 34.6 Å². The van der Waals surface area contributed by atoms with Crippen molar-refractivity contribution in [3.63, 3.8) is 0 Å². The molecule has 1 atom stereocenters. The SMILES string of the molecule is CCOC(=O)C1=NNC(C)(C(=S)Nc2ccc(C#N)c(C(F)(F)F)c2)C1. The van der Waals surface area contributed by atoms with Crippen LogP contribution < -0.4 is 10.7 Å². The van der Waals surface area contributed by atoms with Crippen molar-refractivity contribution in [3.05, 3.63) is 29.3 Å². The number of anilines is 1. The van der Waals surface area contributed by atoms with Gasteiger partial charge in [-0.3, -0.25) is 5.43 Å². The fourth-order valence-corrected chi connectivity index (χ4v) is 2.53. The van der Waals surface area contributed by atoms with Gasteiger partial charge in [0.05, 0.1) is 23.8 Å². The molecule has 1 aliphatic heterocycles. The Labute approximate surface area is 153 Å². The molecule has 0 saturated carbocycles. The number of hydrogen-bond donors (Lipinski definition) is 2. The van der Waals surface area contributed by atoms with Gasteiger partial charge in [-0.15, -0.1) is 0 Å². The summed E-state index contributed by atoms with van der Waals surface area (Å²) in [5.74, 6) is -0.579. The van der Waals surface area contributed by atoms with E-state index in [0.29, 0.717) is 0 Å². The van der Waals surface area contributed by atoms with Crippen LogP contribution in [0.4, 0.5) is 18.9 Å². The molecule has 6 nitrogen and oxygen atoms in total. The monoisotopic (exact) mass is 384 g/mol. The number of alkyl halides is 3. The molecule has 1 aromatic rings. The van der Waals surface area contributed by atoms with E-state index in [4.69, 9.17) is 22.2 Å². The van der Waals surface area contributed by atoms with E-state index in [1.807, 2.05) is 0 Å². The maximum Gasteiger partial charge on any atom is 0.417 e. The number of thiocarbonyl (C=S) groups is 1. The molecule has 1 heterocycles. The topological polar surface area (TPSA) is 86.5 Å². The molecule has 1 aliphatic rings. The Kier molecular flexibility index (Phi) is 5.51. The number of rotatable bonds is 4. The van der Waals surface area contributed by atoms with Crippen molar-refractivity contribution in [3.8, 4) is 6.07 Å². The molecule has 1 aromatic carbocycles. The molecule has 0 amide bonds. The maximum absolute atomic E-state index is 13.0. The number of halogens is 3. The van der Waals surface area contributed by atoms with Crippen LogP contribution in [0.3, 0.4) is 0 Å². The van der Waals surface area contributed by atoms with E-state index in [-0.39, 0.29) is 29.4 Å². The number of hydrazone groups is 1. The Balaban J connectivity index is 2.16. The first-order valence-corrected chi connectivity index (χ1v) is 7.95. The van der Waals surface area contributed by atoms with Crippen LogP contribution in [-0.2, 0) is 15.7 Å². The predicted octanol–water partition coefficient (Wildman–Crippen LogP) is 2.99. The Morgan fingerprint density at radius 2 is 2.23 bits per heavy atom. The number of nitrogens with zero attached hydrogens (tertiary/aromatic N) is 2. The smallest absolute Gasteiger partial charge is 0.417 e. The zero-order valence-electron chi connectivity index (χ0n) is 13.9. The fraction of sp³-hybridized carbons (Fsp3) is 0.375. The highest BCUT2D eigenvalue weighted by Crippen LogP contribution is 2.34. The molecule has 0 bridgehead atoms. The van der Waals surface area contributed by atoms with Crippen LogP contribution in [-0.4, -0.2) is 28.8 Å². The Morgan fingerprint density at radius 1 is 1.54 bits per heavy atom. The lowest BCUT2D eigenvalue weighted by Crippen LogP contribution is -2.47. The van der Waals surface area contributed by atoms with Gasteiger partial charge in [0.1, 0.15) is 16.2 Å². The third-order valence-electron chi connectivity index (χ3n) is 3.67. The van der Waals surface area contributed by atoms with Crippen molar-refractivity contribution in [2.75, 3.05) is 11.9 Å². The molecule has 0 spiro atoms. The van der Waals surface area contributed by atoms with Gasteiger partial charge >= 0.3 is 12.1 Å². The first-order valence-electron chi connectivity index (χ1n) is 7.54. The van der Waals surface area contributed by atoms with Gasteiger partial charge in [0.15, 0.2) is 0 Å². The second kappa shape index (κ2) is 7.29. The van der Waals surface area contributed by atoms with Gasteiger partial charge in [0.25, 0.3) is 0 Å². The molecule has 26 heavy (non-hydrogen) atoms. The Morgan fingerprint density at radius 3 is 2.81 bits per heavy atom. The van der Waals surface area contributed by atoms with Crippen molar-refractivity contribution in [1.29, 1.82) is 5.26 Å². The number of nitriles is 1. The standard InChI is InChI=1S/C16H15F3N4O2S/c1-3-25-13(24)12-7-15(2,23-22-12)14(26)21-10-5-4-9(8-20)11(6-10)16(17,18)19/h4-6,23H,3,7H2,1-2H3,(H,21,26).